The molecule has 2 heterocycles. The highest BCUT2D eigenvalue weighted by atomic mass is 16.5. The number of aliphatic hydroxyl groups excluding tert-OH is 1. The number of nitrogens with zero attached hydrogens (tertiary/aromatic N) is 1. The fourth-order valence-corrected chi connectivity index (χ4v) is 2.65. The number of benzene rings is 1. The Labute approximate surface area is 124 Å². The number of ether oxygens (including phenoxy) is 1. The van der Waals surface area contributed by atoms with E-state index in [0.717, 1.165) is 43.3 Å². The number of morpholine rings is 1. The molecule has 1 unspecified atom stereocenters. The second kappa shape index (κ2) is 6.43. The zero-order chi connectivity index (χ0) is 14.7. The average Bonchev–Trinajstić information content (AvgIpc) is 2.95. The van der Waals surface area contributed by atoms with Crippen LogP contribution in [-0.4, -0.2) is 29.7 Å². The van der Waals surface area contributed by atoms with Crippen LogP contribution in [0.3, 0.4) is 0 Å². The molecule has 2 aromatic rings. The number of furan rings is 1. The van der Waals surface area contributed by atoms with Gasteiger partial charge in [-0.2, -0.15) is 0 Å². The molecule has 112 valence electrons. The van der Waals surface area contributed by atoms with Crippen molar-refractivity contribution < 1.29 is 14.3 Å². The molecular weight excluding hydrogens is 266 g/mol. The Morgan fingerprint density at radius 2 is 1.90 bits per heavy atom. The molecule has 0 aliphatic carbocycles. The molecule has 1 atom stereocenters. The summed E-state index contributed by atoms with van der Waals surface area (Å²) >= 11 is 0. The fourth-order valence-electron chi connectivity index (χ4n) is 2.65. The molecule has 1 aliphatic heterocycles. The van der Waals surface area contributed by atoms with Crippen molar-refractivity contribution in [2.45, 2.75) is 26.2 Å². The fraction of sp³-hybridized carbons (Fsp3) is 0.412. The van der Waals surface area contributed by atoms with Crippen LogP contribution in [0.5, 0.6) is 0 Å². The molecule has 0 bridgehead atoms. The minimum Gasteiger partial charge on any atom is -0.464 e. The maximum absolute atomic E-state index is 9.08. The minimum atomic E-state index is 0.0177. The Balaban J connectivity index is 1.62. The van der Waals surface area contributed by atoms with Crippen LogP contribution in [-0.2, 0) is 17.9 Å². The molecular formula is C17H21NO3. The number of hydrogen-bond acceptors (Lipinski definition) is 4. The predicted molar refractivity (Wildman–Crippen MR) is 79.8 cm³/mol. The summed E-state index contributed by atoms with van der Waals surface area (Å²) in [6, 6.07) is 12.1. The molecule has 1 N–H and O–H groups in total. The smallest absolute Gasteiger partial charge is 0.134 e. The monoisotopic (exact) mass is 287 g/mol. The van der Waals surface area contributed by atoms with Crippen molar-refractivity contribution in [3.63, 3.8) is 0 Å². The van der Waals surface area contributed by atoms with Crippen molar-refractivity contribution in [3.05, 3.63) is 59.0 Å². The first-order valence-corrected chi connectivity index (χ1v) is 7.33. The molecule has 1 saturated heterocycles. The van der Waals surface area contributed by atoms with Crippen molar-refractivity contribution >= 4 is 0 Å². The van der Waals surface area contributed by atoms with Gasteiger partial charge in [0.2, 0.25) is 0 Å². The third-order valence-corrected chi connectivity index (χ3v) is 3.84. The first kappa shape index (κ1) is 14.3. The minimum absolute atomic E-state index is 0.0177. The summed E-state index contributed by atoms with van der Waals surface area (Å²) in [5, 5.41) is 9.08. The van der Waals surface area contributed by atoms with Crippen LogP contribution in [0, 0.1) is 6.92 Å². The predicted octanol–water partition coefficient (Wildman–Crippen LogP) is 2.65. The lowest BCUT2D eigenvalue weighted by Gasteiger charge is -2.32. The first-order valence-electron chi connectivity index (χ1n) is 7.33. The van der Waals surface area contributed by atoms with E-state index in [1.807, 2.05) is 31.2 Å². The molecule has 4 nitrogen and oxygen atoms in total. The van der Waals surface area contributed by atoms with Crippen LogP contribution < -0.4 is 0 Å². The standard InChI is InChI=1S/C17H21NO3/c1-13-2-7-16(21-13)17-11-18(8-9-20-17)10-14-3-5-15(12-19)6-4-14/h2-7,17,19H,8-12H2,1H3. The van der Waals surface area contributed by atoms with Gasteiger partial charge in [0, 0.05) is 19.6 Å². The Bertz CT molecular complexity index is 576. The third kappa shape index (κ3) is 3.53. The van der Waals surface area contributed by atoms with Crippen molar-refractivity contribution in [3.8, 4) is 0 Å². The van der Waals surface area contributed by atoms with Crippen LogP contribution in [0.25, 0.3) is 0 Å². The van der Waals surface area contributed by atoms with Gasteiger partial charge in [-0.05, 0) is 30.2 Å². The second-order valence-electron chi connectivity index (χ2n) is 5.52. The summed E-state index contributed by atoms with van der Waals surface area (Å²) in [6.07, 6.45) is 0.0177. The number of rotatable bonds is 4. The molecule has 1 aliphatic rings. The average molecular weight is 287 g/mol. The molecule has 0 saturated carbocycles. The summed E-state index contributed by atoms with van der Waals surface area (Å²) < 4.78 is 11.5. The van der Waals surface area contributed by atoms with Gasteiger partial charge in [0.15, 0.2) is 0 Å². The van der Waals surface area contributed by atoms with Crippen molar-refractivity contribution in [2.75, 3.05) is 19.7 Å². The van der Waals surface area contributed by atoms with E-state index in [4.69, 9.17) is 14.3 Å². The van der Waals surface area contributed by atoms with Crippen molar-refractivity contribution in [1.29, 1.82) is 0 Å². The Morgan fingerprint density at radius 3 is 2.57 bits per heavy atom. The zero-order valence-corrected chi connectivity index (χ0v) is 12.3. The summed E-state index contributed by atoms with van der Waals surface area (Å²) in [4.78, 5) is 2.37. The molecule has 0 amide bonds. The van der Waals surface area contributed by atoms with Crippen LogP contribution in [0.1, 0.15) is 28.8 Å². The van der Waals surface area contributed by atoms with E-state index in [1.165, 1.54) is 5.56 Å². The maximum Gasteiger partial charge on any atom is 0.134 e. The van der Waals surface area contributed by atoms with E-state index >= 15 is 0 Å². The van der Waals surface area contributed by atoms with Crippen LogP contribution >= 0.6 is 0 Å². The van der Waals surface area contributed by atoms with Gasteiger partial charge in [0.1, 0.15) is 17.6 Å². The van der Waals surface area contributed by atoms with Gasteiger partial charge in [-0.1, -0.05) is 24.3 Å². The Kier molecular flexibility index (Phi) is 4.39. The van der Waals surface area contributed by atoms with Gasteiger partial charge in [0.05, 0.1) is 13.2 Å². The maximum atomic E-state index is 9.08. The van der Waals surface area contributed by atoms with Gasteiger partial charge in [-0.25, -0.2) is 0 Å². The number of hydrogen-bond donors (Lipinski definition) is 1. The van der Waals surface area contributed by atoms with Crippen molar-refractivity contribution in [2.24, 2.45) is 0 Å². The molecule has 1 aromatic heterocycles. The number of aryl methyl sites for hydroxylation is 1. The summed E-state index contributed by atoms with van der Waals surface area (Å²) in [5.41, 5.74) is 2.20. The second-order valence-corrected chi connectivity index (χ2v) is 5.52. The molecule has 4 heteroatoms. The quantitative estimate of drug-likeness (QED) is 0.939. The van der Waals surface area contributed by atoms with E-state index in [-0.39, 0.29) is 12.7 Å². The van der Waals surface area contributed by atoms with Gasteiger partial charge in [-0.15, -0.1) is 0 Å². The summed E-state index contributed by atoms with van der Waals surface area (Å²) in [7, 11) is 0. The summed E-state index contributed by atoms with van der Waals surface area (Å²) in [6.45, 7) is 5.43. The normalized spacial score (nSPS) is 19.8. The SMILES string of the molecule is Cc1ccc(C2CN(Cc3ccc(CO)cc3)CCO2)o1. The van der Waals surface area contributed by atoms with Crippen LogP contribution in [0.4, 0.5) is 0 Å². The molecule has 0 radical (unpaired) electrons. The topological polar surface area (TPSA) is 45.8 Å². The van der Waals surface area contributed by atoms with Gasteiger partial charge in [-0.3, -0.25) is 4.90 Å². The highest BCUT2D eigenvalue weighted by Gasteiger charge is 2.24. The van der Waals surface area contributed by atoms with E-state index in [0.29, 0.717) is 0 Å². The van der Waals surface area contributed by atoms with Crippen molar-refractivity contribution in [1.82, 2.24) is 4.90 Å². The van der Waals surface area contributed by atoms with Crippen LogP contribution in [0.2, 0.25) is 0 Å². The van der Waals surface area contributed by atoms with Gasteiger partial charge < -0.3 is 14.3 Å². The van der Waals surface area contributed by atoms with E-state index in [2.05, 4.69) is 17.0 Å². The highest BCUT2D eigenvalue weighted by molar-refractivity contribution is 5.22. The van der Waals surface area contributed by atoms with Gasteiger partial charge in [0.25, 0.3) is 0 Å². The zero-order valence-electron chi connectivity index (χ0n) is 12.3. The largest absolute Gasteiger partial charge is 0.464 e. The molecule has 3 rings (SSSR count). The lowest BCUT2D eigenvalue weighted by Crippen LogP contribution is -2.37. The van der Waals surface area contributed by atoms with E-state index in [1.54, 1.807) is 0 Å². The highest BCUT2D eigenvalue weighted by Crippen LogP contribution is 2.24. The lowest BCUT2D eigenvalue weighted by molar-refractivity contribution is -0.0430. The lowest BCUT2D eigenvalue weighted by atomic mass is 10.1. The van der Waals surface area contributed by atoms with Crippen LogP contribution in [0.15, 0.2) is 40.8 Å². The third-order valence-electron chi connectivity index (χ3n) is 3.84. The molecule has 1 aromatic carbocycles. The Morgan fingerprint density at radius 1 is 1.14 bits per heavy atom. The van der Waals surface area contributed by atoms with Gasteiger partial charge >= 0.3 is 0 Å². The Hall–Kier alpha value is -1.62. The number of aliphatic hydroxyl groups is 1. The van der Waals surface area contributed by atoms with E-state index in [9.17, 15) is 0 Å². The molecule has 0 spiro atoms. The molecule has 21 heavy (non-hydrogen) atoms. The summed E-state index contributed by atoms with van der Waals surface area (Å²) in [5.74, 6) is 1.83. The van der Waals surface area contributed by atoms with E-state index < -0.39 is 0 Å². The molecule has 1 fully saturated rings. The first-order chi connectivity index (χ1) is 10.2.